The fraction of sp³-hybridized carbons (Fsp3) is 0.118. The number of carbonyl (C=O) groups excluding carboxylic acids is 2. The molecule has 2 aromatic rings. The summed E-state index contributed by atoms with van der Waals surface area (Å²) in [5.41, 5.74) is 0.676. The molecule has 5 nitrogen and oxygen atoms in total. The van der Waals surface area contributed by atoms with Gasteiger partial charge >= 0.3 is 0 Å². The van der Waals surface area contributed by atoms with Crippen LogP contribution in [0.1, 0.15) is 28.4 Å². The van der Waals surface area contributed by atoms with Gasteiger partial charge in [-0.15, -0.1) is 0 Å². The molecule has 0 radical (unpaired) electrons. The number of aliphatic imine (C=N–C) groups is 1. The van der Waals surface area contributed by atoms with Crippen LogP contribution in [0, 0.1) is 5.82 Å². The number of carbonyl (C=O) groups is 2. The highest BCUT2D eigenvalue weighted by atomic mass is 35.5. The summed E-state index contributed by atoms with van der Waals surface area (Å²) in [4.78, 5) is 28.3. The Bertz CT molecular complexity index is 821. The first kappa shape index (κ1) is 16.1. The van der Waals surface area contributed by atoms with Crippen molar-refractivity contribution in [1.29, 1.82) is 0 Å². The van der Waals surface area contributed by atoms with E-state index in [4.69, 9.17) is 11.6 Å². The predicted molar refractivity (Wildman–Crippen MR) is 88.3 cm³/mol. The normalized spacial score (nSPS) is 17.0. The molecule has 1 heterocycles. The Hall–Kier alpha value is -2.73. The molecule has 3 rings (SSSR count). The maximum atomic E-state index is 13.9. The summed E-state index contributed by atoms with van der Waals surface area (Å²) >= 11 is 5.78. The lowest BCUT2D eigenvalue weighted by atomic mass is 10.0. The third-order valence-corrected chi connectivity index (χ3v) is 3.78. The Morgan fingerprint density at radius 3 is 2.62 bits per heavy atom. The second kappa shape index (κ2) is 6.80. The Balaban J connectivity index is 1.81. The molecule has 2 aromatic carbocycles. The highest BCUT2D eigenvalue weighted by Crippen LogP contribution is 2.25. The minimum absolute atomic E-state index is 0.000506. The largest absolute Gasteiger partial charge is 0.296 e. The van der Waals surface area contributed by atoms with Crippen LogP contribution < -0.4 is 10.6 Å². The Morgan fingerprint density at radius 2 is 1.92 bits per heavy atom. The standard InChI is InChI=1S/C17H13ClFN3O2/c18-11-7-5-10(6-8-11)16(24)22-17-20-14(9-15(23)21-17)12-3-1-2-4-13(12)19/h1-8,14H,9H2,(H2,20,21,22,23,24)/t14-/m0/s1. The van der Waals surface area contributed by atoms with Crippen molar-refractivity contribution in [2.75, 3.05) is 0 Å². The number of halogens is 2. The fourth-order valence-electron chi connectivity index (χ4n) is 2.36. The molecule has 0 spiro atoms. The van der Waals surface area contributed by atoms with Gasteiger partial charge in [-0.1, -0.05) is 29.8 Å². The first-order valence-electron chi connectivity index (χ1n) is 7.22. The number of hydrogen-bond acceptors (Lipinski definition) is 3. The quantitative estimate of drug-likeness (QED) is 0.878. The van der Waals surface area contributed by atoms with Crippen molar-refractivity contribution in [3.05, 3.63) is 70.5 Å². The van der Waals surface area contributed by atoms with Gasteiger partial charge < -0.3 is 0 Å². The van der Waals surface area contributed by atoms with E-state index in [1.807, 2.05) is 0 Å². The van der Waals surface area contributed by atoms with Crippen molar-refractivity contribution in [3.8, 4) is 0 Å². The predicted octanol–water partition coefficient (Wildman–Crippen LogP) is 2.83. The lowest BCUT2D eigenvalue weighted by Crippen LogP contribution is -2.47. The molecule has 7 heteroatoms. The smallest absolute Gasteiger partial charge is 0.257 e. The van der Waals surface area contributed by atoms with Crippen LogP contribution in [0.5, 0.6) is 0 Å². The van der Waals surface area contributed by atoms with E-state index in [0.717, 1.165) is 0 Å². The second-order valence-corrected chi connectivity index (χ2v) is 5.66. The second-order valence-electron chi connectivity index (χ2n) is 5.23. The number of guanidine groups is 1. The summed E-state index contributed by atoms with van der Waals surface area (Å²) in [6.07, 6.45) is 0.0151. The van der Waals surface area contributed by atoms with Crippen molar-refractivity contribution in [2.45, 2.75) is 12.5 Å². The highest BCUT2D eigenvalue weighted by molar-refractivity contribution is 6.30. The summed E-state index contributed by atoms with van der Waals surface area (Å²) in [7, 11) is 0. The van der Waals surface area contributed by atoms with Gasteiger partial charge in [-0.3, -0.25) is 20.2 Å². The lowest BCUT2D eigenvalue weighted by Gasteiger charge is -2.21. The lowest BCUT2D eigenvalue weighted by molar-refractivity contribution is -0.120. The van der Waals surface area contributed by atoms with Gasteiger partial charge in [0.15, 0.2) is 0 Å². The maximum absolute atomic E-state index is 13.9. The van der Waals surface area contributed by atoms with Gasteiger partial charge in [0.25, 0.3) is 5.91 Å². The number of rotatable bonds is 2. The molecule has 2 N–H and O–H groups in total. The monoisotopic (exact) mass is 345 g/mol. The van der Waals surface area contributed by atoms with Crippen LogP contribution in [0.15, 0.2) is 53.5 Å². The maximum Gasteiger partial charge on any atom is 0.257 e. The van der Waals surface area contributed by atoms with Crippen molar-refractivity contribution < 1.29 is 14.0 Å². The summed E-state index contributed by atoms with van der Waals surface area (Å²) in [6.45, 7) is 0. The van der Waals surface area contributed by atoms with Crippen molar-refractivity contribution in [3.63, 3.8) is 0 Å². The van der Waals surface area contributed by atoms with E-state index in [2.05, 4.69) is 15.6 Å². The van der Waals surface area contributed by atoms with Crippen LogP contribution >= 0.6 is 11.6 Å². The molecule has 0 fully saturated rings. The molecule has 1 aliphatic rings. The van der Waals surface area contributed by atoms with E-state index in [9.17, 15) is 14.0 Å². The van der Waals surface area contributed by atoms with Crippen LogP contribution in [-0.4, -0.2) is 17.8 Å². The van der Waals surface area contributed by atoms with E-state index >= 15 is 0 Å². The Kier molecular flexibility index (Phi) is 4.57. The van der Waals surface area contributed by atoms with Crippen molar-refractivity contribution in [2.24, 2.45) is 4.99 Å². The van der Waals surface area contributed by atoms with Crippen molar-refractivity contribution in [1.82, 2.24) is 10.6 Å². The number of benzene rings is 2. The van der Waals surface area contributed by atoms with Crippen LogP contribution in [0.2, 0.25) is 5.02 Å². The molecule has 0 saturated carbocycles. The zero-order valence-corrected chi connectivity index (χ0v) is 13.2. The molecule has 122 valence electrons. The minimum atomic E-state index is -0.680. The average Bonchev–Trinajstić information content (AvgIpc) is 2.55. The Labute approximate surface area is 142 Å². The van der Waals surface area contributed by atoms with Crippen LogP contribution in [-0.2, 0) is 4.79 Å². The molecule has 1 atom stereocenters. The van der Waals surface area contributed by atoms with E-state index < -0.39 is 17.8 Å². The van der Waals surface area contributed by atoms with Gasteiger partial charge in [0, 0.05) is 16.1 Å². The van der Waals surface area contributed by atoms with E-state index in [-0.39, 0.29) is 18.3 Å². The van der Waals surface area contributed by atoms with Crippen LogP contribution in [0.3, 0.4) is 0 Å². The summed E-state index contributed by atoms with van der Waals surface area (Å²) < 4.78 is 13.9. The molecular formula is C17H13ClFN3O2. The molecule has 0 unspecified atom stereocenters. The first-order chi connectivity index (χ1) is 11.5. The fourth-order valence-corrected chi connectivity index (χ4v) is 2.49. The SMILES string of the molecule is O=C1C[C@@H](c2ccccc2F)N=C(NC(=O)c2ccc(Cl)cc2)N1. The number of amides is 2. The van der Waals surface area contributed by atoms with Gasteiger partial charge in [-0.25, -0.2) is 9.38 Å². The third-order valence-electron chi connectivity index (χ3n) is 3.52. The zero-order chi connectivity index (χ0) is 17.1. The first-order valence-corrected chi connectivity index (χ1v) is 7.60. The van der Waals surface area contributed by atoms with Crippen LogP contribution in [0.4, 0.5) is 4.39 Å². The van der Waals surface area contributed by atoms with Gasteiger partial charge in [-0.05, 0) is 30.3 Å². The van der Waals surface area contributed by atoms with Crippen LogP contribution in [0.25, 0.3) is 0 Å². The molecular weight excluding hydrogens is 333 g/mol. The average molecular weight is 346 g/mol. The van der Waals surface area contributed by atoms with E-state index in [1.54, 1.807) is 42.5 Å². The van der Waals surface area contributed by atoms with E-state index in [1.165, 1.54) is 6.07 Å². The molecule has 2 amide bonds. The number of nitrogens with one attached hydrogen (secondary N) is 2. The third kappa shape index (κ3) is 3.60. The molecule has 0 bridgehead atoms. The number of hydrogen-bond donors (Lipinski definition) is 2. The molecule has 1 aliphatic heterocycles. The minimum Gasteiger partial charge on any atom is -0.296 e. The molecule has 0 saturated heterocycles. The van der Waals surface area contributed by atoms with E-state index in [0.29, 0.717) is 16.1 Å². The zero-order valence-electron chi connectivity index (χ0n) is 12.4. The number of nitrogens with zero attached hydrogens (tertiary/aromatic N) is 1. The Morgan fingerprint density at radius 1 is 1.21 bits per heavy atom. The van der Waals surface area contributed by atoms with Gasteiger partial charge in [-0.2, -0.15) is 0 Å². The molecule has 24 heavy (non-hydrogen) atoms. The molecule has 0 aliphatic carbocycles. The topological polar surface area (TPSA) is 70.6 Å². The van der Waals surface area contributed by atoms with Gasteiger partial charge in [0.1, 0.15) is 5.82 Å². The van der Waals surface area contributed by atoms with Crippen molar-refractivity contribution >= 4 is 29.4 Å². The summed E-state index contributed by atoms with van der Waals surface area (Å²) in [6, 6.07) is 11.7. The van der Waals surface area contributed by atoms with Gasteiger partial charge in [0.2, 0.25) is 11.9 Å². The summed E-state index contributed by atoms with van der Waals surface area (Å²) in [5, 5.41) is 5.50. The van der Waals surface area contributed by atoms with Gasteiger partial charge in [0.05, 0.1) is 12.5 Å². The molecule has 0 aromatic heterocycles. The highest BCUT2D eigenvalue weighted by Gasteiger charge is 2.25. The summed E-state index contributed by atoms with van der Waals surface area (Å²) in [5.74, 6) is -1.23.